The monoisotopic (exact) mass is 213 g/mol. The van der Waals surface area contributed by atoms with Crippen LogP contribution in [0.15, 0.2) is 0 Å². The van der Waals surface area contributed by atoms with Crippen molar-refractivity contribution in [3.05, 3.63) is 0 Å². The smallest absolute Gasteiger partial charge is 0.304 e. The summed E-state index contributed by atoms with van der Waals surface area (Å²) in [6.07, 6.45) is 5.00. The van der Waals surface area contributed by atoms with Gasteiger partial charge < -0.3 is 9.84 Å². The molecule has 1 N–H and O–H groups in total. The van der Waals surface area contributed by atoms with Gasteiger partial charge in [-0.3, -0.25) is 9.69 Å². The fourth-order valence-corrected chi connectivity index (χ4v) is 2.28. The van der Waals surface area contributed by atoms with Crippen LogP contribution in [0.25, 0.3) is 0 Å². The molecule has 2 fully saturated rings. The molecule has 4 heteroatoms. The first kappa shape index (κ1) is 10.9. The second-order valence-electron chi connectivity index (χ2n) is 4.48. The van der Waals surface area contributed by atoms with E-state index in [4.69, 9.17) is 9.84 Å². The highest BCUT2D eigenvalue weighted by Gasteiger charge is 2.34. The summed E-state index contributed by atoms with van der Waals surface area (Å²) in [5.74, 6) is -0.697. The predicted octanol–water partition coefficient (Wildman–Crippen LogP) is 1.10. The molecular formula is C11H19NO3. The van der Waals surface area contributed by atoms with E-state index in [1.165, 1.54) is 12.8 Å². The zero-order chi connectivity index (χ0) is 10.7. The van der Waals surface area contributed by atoms with Crippen molar-refractivity contribution in [3.8, 4) is 0 Å². The zero-order valence-corrected chi connectivity index (χ0v) is 9.02. The van der Waals surface area contributed by atoms with Gasteiger partial charge in [0.25, 0.3) is 0 Å². The van der Waals surface area contributed by atoms with E-state index >= 15 is 0 Å². The molecule has 4 nitrogen and oxygen atoms in total. The van der Waals surface area contributed by atoms with Crippen molar-refractivity contribution in [1.82, 2.24) is 4.90 Å². The van der Waals surface area contributed by atoms with Crippen LogP contribution in [0.3, 0.4) is 0 Å². The van der Waals surface area contributed by atoms with Crippen LogP contribution in [-0.4, -0.2) is 47.8 Å². The van der Waals surface area contributed by atoms with E-state index in [1.807, 2.05) is 0 Å². The molecular weight excluding hydrogens is 194 g/mol. The van der Waals surface area contributed by atoms with Crippen LogP contribution in [0.4, 0.5) is 0 Å². The minimum Gasteiger partial charge on any atom is -0.481 e. The molecule has 86 valence electrons. The SMILES string of the molecule is O=C(O)CCN(C1CC1)C1CCCOC1. The van der Waals surface area contributed by atoms with E-state index in [9.17, 15) is 4.79 Å². The summed E-state index contributed by atoms with van der Waals surface area (Å²) in [6, 6.07) is 1.10. The number of carbonyl (C=O) groups is 1. The second kappa shape index (κ2) is 4.94. The maximum absolute atomic E-state index is 10.6. The number of carboxylic acids is 1. The molecule has 0 amide bonds. The third kappa shape index (κ3) is 3.18. The van der Waals surface area contributed by atoms with Gasteiger partial charge in [-0.25, -0.2) is 0 Å². The van der Waals surface area contributed by atoms with Gasteiger partial charge in [-0.15, -0.1) is 0 Å². The predicted molar refractivity (Wildman–Crippen MR) is 55.8 cm³/mol. The van der Waals surface area contributed by atoms with E-state index in [1.54, 1.807) is 0 Å². The van der Waals surface area contributed by atoms with Gasteiger partial charge in [-0.1, -0.05) is 0 Å². The number of hydrogen-bond acceptors (Lipinski definition) is 3. The van der Waals surface area contributed by atoms with E-state index in [2.05, 4.69) is 4.90 Å². The van der Waals surface area contributed by atoms with Crippen molar-refractivity contribution < 1.29 is 14.6 Å². The van der Waals surface area contributed by atoms with Gasteiger partial charge >= 0.3 is 5.97 Å². The molecule has 0 bridgehead atoms. The standard InChI is InChI=1S/C11H19NO3/c13-11(14)5-6-12(9-3-4-9)10-2-1-7-15-8-10/h9-10H,1-8H2,(H,13,14). The Morgan fingerprint density at radius 3 is 2.67 bits per heavy atom. The Morgan fingerprint density at radius 1 is 1.33 bits per heavy atom. The lowest BCUT2D eigenvalue weighted by Crippen LogP contribution is -2.43. The molecule has 15 heavy (non-hydrogen) atoms. The van der Waals surface area contributed by atoms with E-state index in [0.717, 1.165) is 26.1 Å². The van der Waals surface area contributed by atoms with Crippen LogP contribution in [0, 0.1) is 0 Å². The molecule has 2 aliphatic rings. The third-order valence-corrected chi connectivity index (χ3v) is 3.21. The Labute approximate surface area is 90.2 Å². The Hall–Kier alpha value is -0.610. The Balaban J connectivity index is 1.83. The summed E-state index contributed by atoms with van der Waals surface area (Å²) in [5, 5.41) is 8.71. The molecule has 0 aromatic rings. The van der Waals surface area contributed by atoms with Gasteiger partial charge in [-0.05, 0) is 25.7 Å². The molecule has 1 atom stereocenters. The molecule has 1 heterocycles. The van der Waals surface area contributed by atoms with Gasteiger partial charge in [0.05, 0.1) is 13.0 Å². The van der Waals surface area contributed by atoms with Gasteiger partial charge in [0.2, 0.25) is 0 Å². The summed E-state index contributed by atoms with van der Waals surface area (Å²) >= 11 is 0. The maximum Gasteiger partial charge on any atom is 0.304 e. The van der Waals surface area contributed by atoms with Gasteiger partial charge in [0, 0.05) is 25.2 Å². The van der Waals surface area contributed by atoms with Crippen LogP contribution in [0.5, 0.6) is 0 Å². The van der Waals surface area contributed by atoms with Crippen molar-refractivity contribution in [2.24, 2.45) is 0 Å². The Morgan fingerprint density at radius 2 is 2.13 bits per heavy atom. The summed E-state index contributed by atoms with van der Waals surface area (Å²) in [6.45, 7) is 2.35. The van der Waals surface area contributed by atoms with Crippen LogP contribution >= 0.6 is 0 Å². The van der Waals surface area contributed by atoms with E-state index < -0.39 is 5.97 Å². The van der Waals surface area contributed by atoms with Crippen LogP contribution in [0.1, 0.15) is 32.1 Å². The molecule has 0 radical (unpaired) electrons. The molecule has 0 spiro atoms. The molecule has 1 saturated heterocycles. The first-order valence-electron chi connectivity index (χ1n) is 5.82. The van der Waals surface area contributed by atoms with Crippen LogP contribution in [0.2, 0.25) is 0 Å². The first-order valence-corrected chi connectivity index (χ1v) is 5.82. The summed E-state index contributed by atoms with van der Waals surface area (Å²) < 4.78 is 5.46. The highest BCUT2D eigenvalue weighted by Crippen LogP contribution is 2.30. The number of nitrogens with zero attached hydrogens (tertiary/aromatic N) is 1. The van der Waals surface area contributed by atoms with Crippen molar-refractivity contribution >= 4 is 5.97 Å². The highest BCUT2D eigenvalue weighted by molar-refractivity contribution is 5.66. The molecule has 0 aromatic carbocycles. The lowest BCUT2D eigenvalue weighted by Gasteiger charge is -2.33. The molecule has 1 saturated carbocycles. The highest BCUT2D eigenvalue weighted by atomic mass is 16.5. The van der Waals surface area contributed by atoms with Crippen molar-refractivity contribution in [3.63, 3.8) is 0 Å². The molecule has 1 unspecified atom stereocenters. The topological polar surface area (TPSA) is 49.8 Å². The minimum atomic E-state index is -0.697. The fraction of sp³-hybridized carbons (Fsp3) is 0.909. The number of hydrogen-bond donors (Lipinski definition) is 1. The fourth-order valence-electron chi connectivity index (χ4n) is 2.28. The zero-order valence-electron chi connectivity index (χ0n) is 9.02. The maximum atomic E-state index is 10.6. The van der Waals surface area contributed by atoms with Gasteiger partial charge in [0.15, 0.2) is 0 Å². The quantitative estimate of drug-likeness (QED) is 0.743. The average Bonchev–Trinajstić information content (AvgIpc) is 3.03. The molecule has 1 aliphatic heterocycles. The lowest BCUT2D eigenvalue weighted by molar-refractivity contribution is -0.137. The van der Waals surface area contributed by atoms with E-state index in [-0.39, 0.29) is 6.42 Å². The van der Waals surface area contributed by atoms with E-state index in [0.29, 0.717) is 18.6 Å². The summed E-state index contributed by atoms with van der Waals surface area (Å²) in [7, 11) is 0. The summed E-state index contributed by atoms with van der Waals surface area (Å²) in [5.41, 5.74) is 0. The number of ether oxygens (including phenoxy) is 1. The van der Waals surface area contributed by atoms with Crippen LogP contribution in [-0.2, 0) is 9.53 Å². The lowest BCUT2D eigenvalue weighted by atomic mass is 10.1. The third-order valence-electron chi connectivity index (χ3n) is 3.21. The van der Waals surface area contributed by atoms with Gasteiger partial charge in [0.1, 0.15) is 0 Å². The summed E-state index contributed by atoms with van der Waals surface area (Å²) in [4.78, 5) is 12.9. The van der Waals surface area contributed by atoms with Crippen molar-refractivity contribution in [2.75, 3.05) is 19.8 Å². The number of aliphatic carboxylic acids is 1. The number of rotatable bonds is 5. The van der Waals surface area contributed by atoms with Gasteiger partial charge in [-0.2, -0.15) is 0 Å². The minimum absolute atomic E-state index is 0.257. The van der Waals surface area contributed by atoms with Crippen LogP contribution < -0.4 is 0 Å². The van der Waals surface area contributed by atoms with Crippen molar-refractivity contribution in [2.45, 2.75) is 44.2 Å². The normalized spacial score (nSPS) is 26.9. The second-order valence-corrected chi connectivity index (χ2v) is 4.48. The largest absolute Gasteiger partial charge is 0.481 e. The Bertz CT molecular complexity index is 222. The first-order chi connectivity index (χ1) is 7.27. The molecule has 0 aromatic heterocycles. The molecule has 2 rings (SSSR count). The average molecular weight is 213 g/mol. The Kier molecular flexibility index (Phi) is 3.59. The van der Waals surface area contributed by atoms with Crippen molar-refractivity contribution in [1.29, 1.82) is 0 Å². The number of carboxylic acid groups (broad SMARTS) is 1. The molecule has 1 aliphatic carbocycles.